The van der Waals surface area contributed by atoms with E-state index < -0.39 is 0 Å². The molecule has 0 unspecified atom stereocenters. The fourth-order valence-corrected chi connectivity index (χ4v) is 2.06. The van der Waals surface area contributed by atoms with Gasteiger partial charge in [0.25, 0.3) is 5.91 Å². The van der Waals surface area contributed by atoms with Crippen molar-refractivity contribution in [3.8, 4) is 0 Å². The molecule has 0 aliphatic heterocycles. The van der Waals surface area contributed by atoms with Gasteiger partial charge in [-0.05, 0) is 55.8 Å². The first-order valence-electron chi connectivity index (χ1n) is 7.64. The Bertz CT molecular complexity index is 714. The number of rotatable bonds is 5. The van der Waals surface area contributed by atoms with Gasteiger partial charge in [-0.25, -0.2) is 9.18 Å². The van der Waals surface area contributed by atoms with Crippen LogP contribution in [0.5, 0.6) is 0 Å². The van der Waals surface area contributed by atoms with Crippen molar-refractivity contribution in [3.05, 3.63) is 65.5 Å². The van der Waals surface area contributed by atoms with Gasteiger partial charge in [-0.1, -0.05) is 12.1 Å². The molecule has 0 saturated carbocycles. The topological polar surface area (TPSA) is 70.2 Å². The van der Waals surface area contributed by atoms with E-state index in [1.165, 1.54) is 24.3 Å². The van der Waals surface area contributed by atoms with Gasteiger partial charge in [0.15, 0.2) is 0 Å². The first-order valence-corrected chi connectivity index (χ1v) is 7.64. The summed E-state index contributed by atoms with van der Waals surface area (Å²) in [6.45, 7) is 4.11. The van der Waals surface area contributed by atoms with Crippen molar-refractivity contribution in [3.63, 3.8) is 0 Å². The Morgan fingerprint density at radius 3 is 2.46 bits per heavy atom. The van der Waals surface area contributed by atoms with E-state index >= 15 is 0 Å². The molecule has 0 spiro atoms. The molecule has 0 fully saturated rings. The fourth-order valence-electron chi connectivity index (χ4n) is 2.06. The molecule has 0 aromatic heterocycles. The lowest BCUT2D eigenvalue weighted by Gasteiger charge is -2.11. The number of carbonyl (C=O) groups excluding carboxylic acids is 2. The van der Waals surface area contributed by atoms with Gasteiger partial charge in [-0.15, -0.1) is 0 Å². The molecule has 0 bridgehead atoms. The third kappa shape index (κ3) is 5.39. The molecular weight excluding hydrogens is 309 g/mol. The van der Waals surface area contributed by atoms with Crippen LogP contribution in [0.4, 0.5) is 14.9 Å². The van der Waals surface area contributed by atoms with Gasteiger partial charge in [0.2, 0.25) is 0 Å². The van der Waals surface area contributed by atoms with Crippen LogP contribution >= 0.6 is 0 Å². The standard InChI is InChI=1S/C18H20FN3O2/c1-12(2)21-18(24)20-11-13-4-3-5-16(10-13)22-17(23)14-6-8-15(19)9-7-14/h3-10,12H,11H2,1-2H3,(H,22,23)(H2,20,21,24). The highest BCUT2D eigenvalue weighted by Gasteiger charge is 2.07. The van der Waals surface area contributed by atoms with E-state index in [9.17, 15) is 14.0 Å². The second-order valence-corrected chi connectivity index (χ2v) is 5.64. The normalized spacial score (nSPS) is 10.3. The van der Waals surface area contributed by atoms with Crippen molar-refractivity contribution in [1.29, 1.82) is 0 Å². The largest absolute Gasteiger partial charge is 0.336 e. The molecule has 126 valence electrons. The zero-order chi connectivity index (χ0) is 17.5. The molecule has 0 aliphatic rings. The molecule has 3 N–H and O–H groups in total. The number of anilines is 1. The van der Waals surface area contributed by atoms with Crippen molar-refractivity contribution in [1.82, 2.24) is 10.6 Å². The van der Waals surface area contributed by atoms with E-state index in [-0.39, 0.29) is 23.8 Å². The summed E-state index contributed by atoms with van der Waals surface area (Å²) in [6.07, 6.45) is 0. The highest BCUT2D eigenvalue weighted by Crippen LogP contribution is 2.13. The van der Waals surface area contributed by atoms with Crippen molar-refractivity contribution in [2.75, 3.05) is 5.32 Å². The molecule has 0 saturated heterocycles. The lowest BCUT2D eigenvalue weighted by Crippen LogP contribution is -2.39. The molecule has 0 heterocycles. The first-order chi connectivity index (χ1) is 11.4. The van der Waals surface area contributed by atoms with E-state index in [4.69, 9.17) is 0 Å². The summed E-state index contributed by atoms with van der Waals surface area (Å²) in [7, 11) is 0. The van der Waals surface area contributed by atoms with E-state index in [2.05, 4.69) is 16.0 Å². The number of carbonyl (C=O) groups is 2. The molecule has 2 rings (SSSR count). The Hall–Kier alpha value is -2.89. The molecule has 6 heteroatoms. The summed E-state index contributed by atoms with van der Waals surface area (Å²) in [5.74, 6) is -0.711. The van der Waals surface area contributed by atoms with E-state index in [1.807, 2.05) is 19.9 Å². The Morgan fingerprint density at radius 1 is 1.08 bits per heavy atom. The summed E-state index contributed by atoms with van der Waals surface area (Å²) < 4.78 is 12.9. The molecule has 5 nitrogen and oxygen atoms in total. The predicted molar refractivity (Wildman–Crippen MR) is 91.3 cm³/mol. The summed E-state index contributed by atoms with van der Waals surface area (Å²) >= 11 is 0. The second-order valence-electron chi connectivity index (χ2n) is 5.64. The minimum Gasteiger partial charge on any atom is -0.336 e. The molecular formula is C18H20FN3O2. The first kappa shape index (κ1) is 17.5. The lowest BCUT2D eigenvalue weighted by molar-refractivity contribution is 0.102. The minimum atomic E-state index is -0.390. The van der Waals surface area contributed by atoms with Gasteiger partial charge < -0.3 is 16.0 Å². The van der Waals surface area contributed by atoms with E-state index in [0.29, 0.717) is 17.8 Å². The fraction of sp³-hybridized carbons (Fsp3) is 0.222. The third-order valence-corrected chi connectivity index (χ3v) is 3.16. The van der Waals surface area contributed by atoms with Gasteiger partial charge in [0.1, 0.15) is 5.82 Å². The van der Waals surface area contributed by atoms with Crippen LogP contribution in [0.15, 0.2) is 48.5 Å². The Morgan fingerprint density at radius 2 is 1.79 bits per heavy atom. The van der Waals surface area contributed by atoms with Gasteiger partial charge in [-0.3, -0.25) is 4.79 Å². The van der Waals surface area contributed by atoms with Gasteiger partial charge >= 0.3 is 6.03 Å². The van der Waals surface area contributed by atoms with Crippen molar-refractivity contribution < 1.29 is 14.0 Å². The van der Waals surface area contributed by atoms with Crippen LogP contribution < -0.4 is 16.0 Å². The number of amides is 3. The number of halogens is 1. The van der Waals surface area contributed by atoms with E-state index in [1.54, 1.807) is 18.2 Å². The monoisotopic (exact) mass is 329 g/mol. The predicted octanol–water partition coefficient (Wildman–Crippen LogP) is 3.29. The van der Waals surface area contributed by atoms with Gasteiger partial charge in [0.05, 0.1) is 0 Å². The molecule has 2 aromatic carbocycles. The number of urea groups is 1. The number of nitrogens with one attached hydrogen (secondary N) is 3. The van der Waals surface area contributed by atoms with Gasteiger partial charge in [0, 0.05) is 23.8 Å². The third-order valence-electron chi connectivity index (χ3n) is 3.16. The second kappa shape index (κ2) is 8.10. The molecule has 0 aliphatic carbocycles. The van der Waals surface area contributed by atoms with Crippen molar-refractivity contribution in [2.24, 2.45) is 0 Å². The van der Waals surface area contributed by atoms with Gasteiger partial charge in [-0.2, -0.15) is 0 Å². The van der Waals surface area contributed by atoms with Crippen LogP contribution in [0.3, 0.4) is 0 Å². The van der Waals surface area contributed by atoms with Crippen LogP contribution in [0.2, 0.25) is 0 Å². The maximum absolute atomic E-state index is 12.9. The number of hydrogen-bond acceptors (Lipinski definition) is 2. The summed E-state index contributed by atoms with van der Waals surface area (Å²) in [4.78, 5) is 23.7. The highest BCUT2D eigenvalue weighted by molar-refractivity contribution is 6.04. The Balaban J connectivity index is 1.96. The van der Waals surface area contributed by atoms with Crippen LogP contribution in [0, 0.1) is 5.82 Å². The number of hydrogen-bond donors (Lipinski definition) is 3. The number of benzene rings is 2. The zero-order valence-electron chi connectivity index (χ0n) is 13.6. The summed E-state index contributed by atoms with van der Waals surface area (Å²) in [5, 5.41) is 8.23. The Kier molecular flexibility index (Phi) is 5.89. The summed E-state index contributed by atoms with van der Waals surface area (Å²) in [6, 6.07) is 12.3. The molecule has 24 heavy (non-hydrogen) atoms. The summed E-state index contributed by atoms with van der Waals surface area (Å²) in [5.41, 5.74) is 1.83. The average molecular weight is 329 g/mol. The maximum Gasteiger partial charge on any atom is 0.315 e. The molecule has 0 radical (unpaired) electrons. The van der Waals surface area contributed by atoms with E-state index in [0.717, 1.165) is 5.56 Å². The molecule has 2 aromatic rings. The lowest BCUT2D eigenvalue weighted by atomic mass is 10.1. The quantitative estimate of drug-likeness (QED) is 0.788. The maximum atomic E-state index is 12.9. The van der Waals surface area contributed by atoms with Crippen LogP contribution in [-0.2, 0) is 6.54 Å². The molecule has 0 atom stereocenters. The van der Waals surface area contributed by atoms with Crippen molar-refractivity contribution in [2.45, 2.75) is 26.4 Å². The minimum absolute atomic E-state index is 0.0614. The van der Waals surface area contributed by atoms with Crippen LogP contribution in [0.1, 0.15) is 29.8 Å². The highest BCUT2D eigenvalue weighted by atomic mass is 19.1. The van der Waals surface area contributed by atoms with Crippen LogP contribution in [-0.4, -0.2) is 18.0 Å². The Labute approximate surface area is 140 Å². The van der Waals surface area contributed by atoms with Crippen LogP contribution in [0.25, 0.3) is 0 Å². The average Bonchev–Trinajstić information content (AvgIpc) is 2.53. The molecule has 3 amide bonds. The SMILES string of the molecule is CC(C)NC(=O)NCc1cccc(NC(=O)c2ccc(F)cc2)c1. The smallest absolute Gasteiger partial charge is 0.315 e. The van der Waals surface area contributed by atoms with Crippen molar-refractivity contribution >= 4 is 17.6 Å². The zero-order valence-corrected chi connectivity index (χ0v) is 13.6.